The number of rotatable bonds is 4. The van der Waals surface area contributed by atoms with Crippen LogP contribution >= 0.6 is 15.9 Å². The summed E-state index contributed by atoms with van der Waals surface area (Å²) < 4.78 is 6.52. The van der Waals surface area contributed by atoms with Gasteiger partial charge in [0, 0.05) is 23.7 Å². The molecule has 1 heterocycles. The molecule has 1 unspecified atom stereocenters. The Bertz CT molecular complexity index is 391. The molecule has 1 aromatic rings. The third kappa shape index (κ3) is 3.54. The van der Waals surface area contributed by atoms with Gasteiger partial charge in [0.1, 0.15) is 0 Å². The third-order valence-electron chi connectivity index (χ3n) is 3.72. The summed E-state index contributed by atoms with van der Waals surface area (Å²) in [6, 6.07) is 6.62. The summed E-state index contributed by atoms with van der Waals surface area (Å²) in [5.41, 5.74) is 5.55. The molecule has 1 atom stereocenters. The highest BCUT2D eigenvalue weighted by molar-refractivity contribution is 9.10. The zero-order valence-electron chi connectivity index (χ0n) is 10.8. The van der Waals surface area contributed by atoms with Gasteiger partial charge >= 0.3 is 0 Å². The number of halogens is 1. The van der Waals surface area contributed by atoms with Crippen LogP contribution in [0.15, 0.2) is 22.7 Å². The topological polar surface area (TPSA) is 47.3 Å². The molecule has 1 saturated heterocycles. The molecule has 1 fully saturated rings. The largest absolute Gasteiger partial charge is 0.381 e. The standard InChI is InChI=1S/C14H21BrN2O/c1-10-8-12(15)2-3-13(10)14(17-16)9-11-4-6-18-7-5-11/h2-3,8,11,14,17H,4-7,9,16H2,1H3. The van der Waals surface area contributed by atoms with Gasteiger partial charge in [-0.1, -0.05) is 22.0 Å². The predicted octanol–water partition coefficient (Wildman–Crippen LogP) is 3.08. The lowest BCUT2D eigenvalue weighted by Gasteiger charge is -2.27. The second kappa shape index (κ2) is 6.66. The Hall–Kier alpha value is -0.420. The van der Waals surface area contributed by atoms with E-state index in [-0.39, 0.29) is 6.04 Å². The van der Waals surface area contributed by atoms with Crippen LogP contribution in [0.3, 0.4) is 0 Å². The Morgan fingerprint density at radius 3 is 2.78 bits per heavy atom. The van der Waals surface area contributed by atoms with Gasteiger partial charge in [0.2, 0.25) is 0 Å². The van der Waals surface area contributed by atoms with Crippen LogP contribution in [0.2, 0.25) is 0 Å². The molecule has 3 nitrogen and oxygen atoms in total. The van der Waals surface area contributed by atoms with Crippen molar-refractivity contribution in [2.45, 2.75) is 32.2 Å². The van der Waals surface area contributed by atoms with Crippen LogP contribution < -0.4 is 11.3 Å². The second-order valence-electron chi connectivity index (χ2n) is 5.01. The third-order valence-corrected chi connectivity index (χ3v) is 4.21. The van der Waals surface area contributed by atoms with E-state index in [4.69, 9.17) is 10.6 Å². The number of hydrogen-bond donors (Lipinski definition) is 2. The van der Waals surface area contributed by atoms with Crippen LogP contribution in [0.5, 0.6) is 0 Å². The Labute approximate surface area is 117 Å². The van der Waals surface area contributed by atoms with Crippen LogP contribution in [0.1, 0.15) is 36.4 Å². The minimum atomic E-state index is 0.237. The van der Waals surface area contributed by atoms with E-state index in [1.54, 1.807) is 0 Å². The van der Waals surface area contributed by atoms with Crippen molar-refractivity contribution in [3.05, 3.63) is 33.8 Å². The summed E-state index contributed by atoms with van der Waals surface area (Å²) in [4.78, 5) is 0. The maximum absolute atomic E-state index is 5.74. The van der Waals surface area contributed by atoms with Gasteiger partial charge in [-0.3, -0.25) is 11.3 Å². The van der Waals surface area contributed by atoms with E-state index in [0.717, 1.165) is 36.9 Å². The van der Waals surface area contributed by atoms with E-state index in [0.29, 0.717) is 5.92 Å². The Morgan fingerprint density at radius 1 is 1.44 bits per heavy atom. The molecule has 0 amide bonds. The molecule has 1 aliphatic heterocycles. The Kier molecular flexibility index (Phi) is 5.18. The molecule has 4 heteroatoms. The summed E-state index contributed by atoms with van der Waals surface area (Å²) in [5.74, 6) is 6.45. The summed E-state index contributed by atoms with van der Waals surface area (Å²) >= 11 is 3.50. The molecule has 3 N–H and O–H groups in total. The first-order chi connectivity index (χ1) is 8.70. The Morgan fingerprint density at radius 2 is 2.17 bits per heavy atom. The summed E-state index contributed by atoms with van der Waals surface area (Å²) in [5, 5.41) is 0. The number of nitrogens with one attached hydrogen (secondary N) is 1. The van der Waals surface area contributed by atoms with Crippen molar-refractivity contribution in [2.24, 2.45) is 11.8 Å². The molecule has 18 heavy (non-hydrogen) atoms. The van der Waals surface area contributed by atoms with Crippen LogP contribution in [-0.2, 0) is 4.74 Å². The lowest BCUT2D eigenvalue weighted by Crippen LogP contribution is -2.31. The maximum atomic E-state index is 5.74. The van der Waals surface area contributed by atoms with Crippen molar-refractivity contribution in [1.29, 1.82) is 0 Å². The van der Waals surface area contributed by atoms with Crippen LogP contribution in [0.4, 0.5) is 0 Å². The minimum absolute atomic E-state index is 0.237. The Balaban J connectivity index is 2.07. The fourth-order valence-electron chi connectivity index (χ4n) is 2.63. The quantitative estimate of drug-likeness (QED) is 0.663. The zero-order chi connectivity index (χ0) is 13.0. The molecule has 2 rings (SSSR count). The van der Waals surface area contributed by atoms with Gasteiger partial charge in [-0.25, -0.2) is 0 Å². The lowest BCUT2D eigenvalue weighted by molar-refractivity contribution is 0.0605. The normalized spacial score (nSPS) is 18.8. The molecule has 100 valence electrons. The van der Waals surface area contributed by atoms with Gasteiger partial charge in [-0.15, -0.1) is 0 Å². The smallest absolute Gasteiger partial charge is 0.0468 e. The number of aryl methyl sites for hydroxylation is 1. The number of ether oxygens (including phenoxy) is 1. The van der Waals surface area contributed by atoms with Crippen molar-refractivity contribution in [3.8, 4) is 0 Å². The van der Waals surface area contributed by atoms with Gasteiger partial charge in [0.05, 0.1) is 0 Å². The van der Waals surface area contributed by atoms with Crippen molar-refractivity contribution < 1.29 is 4.74 Å². The molecular formula is C14H21BrN2O. The maximum Gasteiger partial charge on any atom is 0.0468 e. The van der Waals surface area contributed by atoms with Crippen LogP contribution in [-0.4, -0.2) is 13.2 Å². The van der Waals surface area contributed by atoms with Gasteiger partial charge in [-0.2, -0.15) is 0 Å². The highest BCUT2D eigenvalue weighted by Crippen LogP contribution is 2.29. The highest BCUT2D eigenvalue weighted by atomic mass is 79.9. The monoisotopic (exact) mass is 312 g/mol. The molecule has 0 saturated carbocycles. The molecule has 0 bridgehead atoms. The predicted molar refractivity (Wildman–Crippen MR) is 77.1 cm³/mol. The summed E-state index contributed by atoms with van der Waals surface area (Å²) in [6.07, 6.45) is 3.38. The van der Waals surface area contributed by atoms with E-state index >= 15 is 0 Å². The minimum Gasteiger partial charge on any atom is -0.381 e. The number of hydrazine groups is 1. The number of benzene rings is 1. The molecule has 1 aliphatic rings. The van der Waals surface area contributed by atoms with Gasteiger partial charge < -0.3 is 4.74 Å². The summed E-state index contributed by atoms with van der Waals surface area (Å²) in [6.45, 7) is 3.91. The van der Waals surface area contributed by atoms with E-state index in [2.05, 4.69) is 46.5 Å². The highest BCUT2D eigenvalue weighted by Gasteiger charge is 2.20. The molecule has 0 spiro atoms. The first-order valence-electron chi connectivity index (χ1n) is 6.50. The molecule has 0 aromatic heterocycles. The summed E-state index contributed by atoms with van der Waals surface area (Å²) in [7, 11) is 0. The van der Waals surface area contributed by atoms with E-state index in [1.165, 1.54) is 11.1 Å². The van der Waals surface area contributed by atoms with Crippen molar-refractivity contribution in [2.75, 3.05) is 13.2 Å². The fraction of sp³-hybridized carbons (Fsp3) is 0.571. The number of hydrogen-bond acceptors (Lipinski definition) is 3. The molecule has 0 radical (unpaired) electrons. The van der Waals surface area contributed by atoms with Gasteiger partial charge in [-0.05, 0) is 55.4 Å². The van der Waals surface area contributed by atoms with Crippen molar-refractivity contribution in [1.82, 2.24) is 5.43 Å². The van der Waals surface area contributed by atoms with Crippen molar-refractivity contribution >= 4 is 15.9 Å². The second-order valence-corrected chi connectivity index (χ2v) is 5.93. The first-order valence-corrected chi connectivity index (χ1v) is 7.30. The van der Waals surface area contributed by atoms with E-state index in [9.17, 15) is 0 Å². The SMILES string of the molecule is Cc1cc(Br)ccc1C(CC1CCOCC1)NN. The molecular weight excluding hydrogens is 292 g/mol. The van der Waals surface area contributed by atoms with Crippen molar-refractivity contribution in [3.63, 3.8) is 0 Å². The lowest BCUT2D eigenvalue weighted by atomic mass is 9.88. The molecule has 0 aliphatic carbocycles. The number of nitrogens with two attached hydrogens (primary N) is 1. The van der Waals surface area contributed by atoms with Gasteiger partial charge in [0.15, 0.2) is 0 Å². The first kappa shape index (κ1) is 14.0. The zero-order valence-corrected chi connectivity index (χ0v) is 12.4. The van der Waals surface area contributed by atoms with Crippen LogP contribution in [0.25, 0.3) is 0 Å². The average Bonchev–Trinajstić information content (AvgIpc) is 2.38. The average molecular weight is 313 g/mol. The van der Waals surface area contributed by atoms with Crippen LogP contribution in [0, 0.1) is 12.8 Å². The van der Waals surface area contributed by atoms with Gasteiger partial charge in [0.25, 0.3) is 0 Å². The van der Waals surface area contributed by atoms with E-state index < -0.39 is 0 Å². The van der Waals surface area contributed by atoms with E-state index in [1.807, 2.05) is 0 Å². The molecule has 1 aromatic carbocycles. The fourth-order valence-corrected chi connectivity index (χ4v) is 3.11.